The average molecular weight is 463 g/mol. The number of morpholine rings is 1. The third kappa shape index (κ3) is 5.44. The Kier molecular flexibility index (Phi) is 6.89. The van der Waals surface area contributed by atoms with Crippen molar-refractivity contribution in [3.63, 3.8) is 0 Å². The number of halogens is 6. The van der Waals surface area contributed by atoms with Crippen molar-refractivity contribution >= 4 is 5.91 Å². The average Bonchev–Trinajstić information content (AvgIpc) is 3.04. The Hall–Kier alpha value is -2.53. The van der Waals surface area contributed by atoms with Crippen LogP contribution in [0.3, 0.4) is 0 Å². The number of aromatic nitrogens is 1. The van der Waals surface area contributed by atoms with E-state index in [4.69, 9.17) is 10.5 Å². The van der Waals surface area contributed by atoms with Gasteiger partial charge >= 0.3 is 12.4 Å². The molecule has 0 aliphatic carbocycles. The summed E-state index contributed by atoms with van der Waals surface area (Å²) in [6.07, 6.45) is -9.36. The maximum atomic E-state index is 13.3. The van der Waals surface area contributed by atoms with Crippen molar-refractivity contribution < 1.29 is 35.9 Å². The number of benzene rings is 1. The molecule has 1 aliphatic rings. The molecule has 0 saturated carbocycles. The Morgan fingerprint density at radius 2 is 1.53 bits per heavy atom. The molecule has 2 aromatic rings. The van der Waals surface area contributed by atoms with Crippen molar-refractivity contribution in [1.29, 1.82) is 0 Å². The summed E-state index contributed by atoms with van der Waals surface area (Å²) < 4.78 is 86.7. The van der Waals surface area contributed by atoms with Gasteiger partial charge in [-0.3, -0.25) is 9.69 Å². The van der Waals surface area contributed by atoms with E-state index in [-0.39, 0.29) is 22.9 Å². The number of ether oxygens (including phenoxy) is 1. The third-order valence-corrected chi connectivity index (χ3v) is 5.48. The van der Waals surface area contributed by atoms with Crippen LogP contribution in [0.25, 0.3) is 11.3 Å². The molecule has 1 saturated heterocycles. The second-order valence-corrected chi connectivity index (χ2v) is 7.65. The number of nitrogens with two attached hydrogens (primary N) is 1. The summed E-state index contributed by atoms with van der Waals surface area (Å²) in [4.78, 5) is 14.0. The van der Waals surface area contributed by atoms with Crippen LogP contribution in [-0.4, -0.2) is 48.2 Å². The summed E-state index contributed by atoms with van der Waals surface area (Å²) in [5, 5.41) is 0. The van der Waals surface area contributed by atoms with Gasteiger partial charge in [0.15, 0.2) is 0 Å². The summed E-state index contributed by atoms with van der Waals surface area (Å²) in [6.45, 7) is 5.22. The number of nitrogens with zero attached hydrogens (tertiary/aromatic N) is 2. The first-order valence-electron chi connectivity index (χ1n) is 9.98. The summed E-state index contributed by atoms with van der Waals surface area (Å²) in [7, 11) is 0. The fraction of sp³-hybridized carbons (Fsp3) is 0.476. The number of rotatable bonds is 6. The van der Waals surface area contributed by atoms with E-state index in [9.17, 15) is 31.1 Å². The highest BCUT2D eigenvalue weighted by Gasteiger charge is 2.37. The largest absolute Gasteiger partial charge is 0.416 e. The van der Waals surface area contributed by atoms with Gasteiger partial charge in [-0.2, -0.15) is 26.3 Å². The van der Waals surface area contributed by atoms with Crippen molar-refractivity contribution in [2.45, 2.75) is 32.2 Å². The van der Waals surface area contributed by atoms with Crippen LogP contribution in [0.2, 0.25) is 0 Å². The van der Waals surface area contributed by atoms with E-state index < -0.39 is 29.4 Å². The van der Waals surface area contributed by atoms with E-state index in [1.807, 2.05) is 0 Å². The fourth-order valence-electron chi connectivity index (χ4n) is 3.80. The molecule has 0 spiro atoms. The van der Waals surface area contributed by atoms with Gasteiger partial charge < -0.3 is 15.0 Å². The lowest BCUT2D eigenvalue weighted by molar-refractivity contribution is -0.143. The molecule has 0 radical (unpaired) electrons. The molecule has 1 aromatic carbocycles. The number of primary amides is 1. The molecule has 3 rings (SSSR count). The Labute approximate surface area is 180 Å². The molecule has 1 fully saturated rings. The van der Waals surface area contributed by atoms with Crippen LogP contribution in [0.1, 0.15) is 33.6 Å². The van der Waals surface area contributed by atoms with Gasteiger partial charge in [0.25, 0.3) is 5.91 Å². The molecule has 11 heteroatoms. The predicted molar refractivity (Wildman–Crippen MR) is 105 cm³/mol. The smallest absolute Gasteiger partial charge is 0.379 e. The molecule has 176 valence electrons. The van der Waals surface area contributed by atoms with E-state index >= 15 is 0 Å². The Bertz CT molecular complexity index is 943. The zero-order valence-electron chi connectivity index (χ0n) is 17.3. The summed E-state index contributed by atoms with van der Waals surface area (Å²) >= 11 is 0. The topological polar surface area (TPSA) is 60.5 Å². The van der Waals surface area contributed by atoms with Gasteiger partial charge in [0, 0.05) is 37.6 Å². The van der Waals surface area contributed by atoms with Crippen molar-refractivity contribution in [2.24, 2.45) is 5.73 Å². The second-order valence-electron chi connectivity index (χ2n) is 7.65. The third-order valence-electron chi connectivity index (χ3n) is 5.48. The van der Waals surface area contributed by atoms with Crippen LogP contribution in [0.4, 0.5) is 26.3 Å². The van der Waals surface area contributed by atoms with Crippen molar-refractivity contribution in [1.82, 2.24) is 9.47 Å². The zero-order chi connectivity index (χ0) is 23.7. The first kappa shape index (κ1) is 24.1. The van der Waals surface area contributed by atoms with E-state index in [1.165, 1.54) is 6.07 Å². The maximum absolute atomic E-state index is 13.3. The minimum absolute atomic E-state index is 0.0531. The summed E-state index contributed by atoms with van der Waals surface area (Å²) in [5.41, 5.74) is 2.79. The molecule has 0 atom stereocenters. The van der Waals surface area contributed by atoms with Crippen molar-refractivity contribution in [3.8, 4) is 11.3 Å². The fourth-order valence-corrected chi connectivity index (χ4v) is 3.80. The standard InChI is InChI=1S/C21H23F6N3O2/c1-13-17(19(28)31)12-18(30(13)4-2-3-29-5-7-32-8-6-29)14-9-15(20(22,23)24)11-16(10-14)21(25,26)27/h9-12H,2-8H2,1H3,(H2,28,31). The van der Waals surface area contributed by atoms with Gasteiger partial charge in [-0.15, -0.1) is 0 Å². The van der Waals surface area contributed by atoms with E-state index in [1.54, 1.807) is 11.5 Å². The van der Waals surface area contributed by atoms with Gasteiger partial charge in [0.1, 0.15) is 0 Å². The van der Waals surface area contributed by atoms with Crippen LogP contribution in [-0.2, 0) is 23.6 Å². The Balaban J connectivity index is 2.02. The highest BCUT2D eigenvalue weighted by atomic mass is 19.4. The minimum atomic E-state index is -4.97. The molecule has 0 bridgehead atoms. The maximum Gasteiger partial charge on any atom is 0.416 e. The lowest BCUT2D eigenvalue weighted by Crippen LogP contribution is -2.37. The monoisotopic (exact) mass is 463 g/mol. The minimum Gasteiger partial charge on any atom is -0.379 e. The first-order chi connectivity index (χ1) is 14.9. The number of carbonyl (C=O) groups is 1. The zero-order valence-corrected chi connectivity index (χ0v) is 17.3. The van der Waals surface area contributed by atoms with Crippen LogP contribution in [0, 0.1) is 6.92 Å². The van der Waals surface area contributed by atoms with Crippen molar-refractivity contribution in [2.75, 3.05) is 32.8 Å². The summed E-state index contributed by atoms with van der Waals surface area (Å²) in [6, 6.07) is 2.65. The molecule has 32 heavy (non-hydrogen) atoms. The van der Waals surface area contributed by atoms with Gasteiger partial charge in [0.2, 0.25) is 0 Å². The van der Waals surface area contributed by atoms with Crippen LogP contribution in [0.5, 0.6) is 0 Å². The quantitative estimate of drug-likeness (QED) is 0.650. The molecule has 2 N–H and O–H groups in total. The lowest BCUT2D eigenvalue weighted by Gasteiger charge is -2.26. The molecule has 2 heterocycles. The molecule has 0 unspecified atom stereocenters. The highest BCUT2D eigenvalue weighted by molar-refractivity contribution is 5.95. The molecule has 1 amide bonds. The number of hydrogen-bond acceptors (Lipinski definition) is 3. The Morgan fingerprint density at radius 1 is 0.969 bits per heavy atom. The Morgan fingerprint density at radius 3 is 2.03 bits per heavy atom. The van der Waals surface area contributed by atoms with Gasteiger partial charge in [-0.1, -0.05) is 0 Å². The number of carbonyl (C=O) groups excluding carboxylic acids is 1. The van der Waals surface area contributed by atoms with Crippen molar-refractivity contribution in [3.05, 3.63) is 46.6 Å². The van der Waals surface area contributed by atoms with E-state index in [2.05, 4.69) is 4.90 Å². The lowest BCUT2D eigenvalue weighted by atomic mass is 10.0. The van der Waals surface area contributed by atoms with Crippen LogP contribution in [0.15, 0.2) is 24.3 Å². The normalized spacial score (nSPS) is 15.8. The molecule has 5 nitrogen and oxygen atoms in total. The molecular formula is C21H23F6N3O2. The van der Waals surface area contributed by atoms with Gasteiger partial charge in [0.05, 0.1) is 29.9 Å². The van der Waals surface area contributed by atoms with E-state index in [0.29, 0.717) is 50.6 Å². The molecule has 1 aromatic heterocycles. The van der Waals surface area contributed by atoms with Gasteiger partial charge in [-0.05, 0) is 43.2 Å². The summed E-state index contributed by atoms with van der Waals surface area (Å²) in [5.74, 6) is -0.807. The van der Waals surface area contributed by atoms with E-state index in [0.717, 1.165) is 13.1 Å². The van der Waals surface area contributed by atoms with Crippen LogP contribution < -0.4 is 5.73 Å². The second kappa shape index (κ2) is 9.14. The van der Waals surface area contributed by atoms with Gasteiger partial charge in [-0.25, -0.2) is 0 Å². The predicted octanol–water partition coefficient (Wildman–Crippen LogP) is 4.32. The SMILES string of the molecule is Cc1c(C(N)=O)cc(-c2cc(C(F)(F)F)cc(C(F)(F)F)c2)n1CCCN1CCOCC1. The first-order valence-corrected chi connectivity index (χ1v) is 9.98. The molecular weight excluding hydrogens is 440 g/mol. The number of alkyl halides is 6. The number of amides is 1. The number of hydrogen-bond donors (Lipinski definition) is 1. The highest BCUT2D eigenvalue weighted by Crippen LogP contribution is 2.39. The van der Waals surface area contributed by atoms with Crippen LogP contribution >= 0.6 is 0 Å². The molecule has 1 aliphatic heterocycles.